The molecule has 0 aliphatic heterocycles. The van der Waals surface area contributed by atoms with E-state index < -0.39 is 0 Å². The molecule has 0 bridgehead atoms. The molecule has 1 aliphatic carbocycles. The van der Waals surface area contributed by atoms with E-state index in [1.54, 1.807) is 0 Å². The van der Waals surface area contributed by atoms with Crippen molar-refractivity contribution >= 4 is 16.8 Å². The summed E-state index contributed by atoms with van der Waals surface area (Å²) in [5.41, 5.74) is 4.70. The van der Waals surface area contributed by atoms with Gasteiger partial charge in [0.1, 0.15) is 5.58 Å². The number of rotatable bonds is 3. The Morgan fingerprint density at radius 2 is 1.86 bits per heavy atom. The molecule has 2 aromatic carbocycles. The topological polar surface area (TPSA) is 30.2 Å². The first-order chi connectivity index (χ1) is 10.3. The maximum absolute atomic E-state index is 12.4. The minimum Gasteiger partial charge on any atom is -0.453 e. The van der Waals surface area contributed by atoms with Gasteiger partial charge in [-0.15, -0.1) is 0 Å². The first-order valence-corrected chi connectivity index (χ1v) is 7.42. The van der Waals surface area contributed by atoms with Crippen LogP contribution in [0.1, 0.15) is 33.7 Å². The SMILES string of the molecule is O=C(Cc1ccc2c(c1)CCC2)c1cc2ccccc2o1. The van der Waals surface area contributed by atoms with Crippen LogP contribution in [0.4, 0.5) is 0 Å². The molecule has 4 rings (SSSR count). The molecule has 1 aromatic heterocycles. The van der Waals surface area contributed by atoms with Crippen molar-refractivity contribution in [1.29, 1.82) is 0 Å². The van der Waals surface area contributed by atoms with E-state index in [0.717, 1.165) is 23.0 Å². The van der Waals surface area contributed by atoms with Gasteiger partial charge in [-0.25, -0.2) is 0 Å². The summed E-state index contributed by atoms with van der Waals surface area (Å²) in [6, 6.07) is 16.0. The fourth-order valence-electron chi connectivity index (χ4n) is 3.13. The second-order valence-corrected chi connectivity index (χ2v) is 5.71. The number of carbonyl (C=O) groups excluding carboxylic acids is 1. The van der Waals surface area contributed by atoms with Crippen LogP contribution in [0.3, 0.4) is 0 Å². The molecule has 104 valence electrons. The molecule has 0 atom stereocenters. The van der Waals surface area contributed by atoms with Crippen LogP contribution in [0.5, 0.6) is 0 Å². The Balaban J connectivity index is 1.60. The van der Waals surface area contributed by atoms with E-state index in [1.165, 1.54) is 24.0 Å². The third-order valence-electron chi connectivity index (χ3n) is 4.23. The van der Waals surface area contributed by atoms with Crippen LogP contribution in [0.2, 0.25) is 0 Å². The van der Waals surface area contributed by atoms with Gasteiger partial charge in [-0.05, 0) is 48.1 Å². The van der Waals surface area contributed by atoms with Gasteiger partial charge < -0.3 is 4.42 Å². The normalized spacial score (nSPS) is 13.5. The summed E-state index contributed by atoms with van der Waals surface area (Å²) < 4.78 is 5.65. The van der Waals surface area contributed by atoms with E-state index in [2.05, 4.69) is 18.2 Å². The van der Waals surface area contributed by atoms with Crippen molar-refractivity contribution in [3.8, 4) is 0 Å². The van der Waals surface area contributed by atoms with Crippen molar-refractivity contribution < 1.29 is 9.21 Å². The summed E-state index contributed by atoms with van der Waals surface area (Å²) in [6.45, 7) is 0. The van der Waals surface area contributed by atoms with Crippen molar-refractivity contribution in [3.05, 3.63) is 71.0 Å². The largest absolute Gasteiger partial charge is 0.453 e. The van der Waals surface area contributed by atoms with Crippen LogP contribution >= 0.6 is 0 Å². The highest BCUT2D eigenvalue weighted by atomic mass is 16.3. The average Bonchev–Trinajstić information content (AvgIpc) is 3.13. The molecule has 0 amide bonds. The second-order valence-electron chi connectivity index (χ2n) is 5.71. The van der Waals surface area contributed by atoms with Gasteiger partial charge in [-0.1, -0.05) is 36.4 Å². The summed E-state index contributed by atoms with van der Waals surface area (Å²) >= 11 is 0. The maximum atomic E-state index is 12.4. The Hall–Kier alpha value is -2.35. The molecular weight excluding hydrogens is 260 g/mol. The van der Waals surface area contributed by atoms with Crippen molar-refractivity contribution in [2.24, 2.45) is 0 Å². The van der Waals surface area contributed by atoms with Crippen LogP contribution < -0.4 is 0 Å². The smallest absolute Gasteiger partial charge is 0.202 e. The number of fused-ring (bicyclic) bond motifs is 2. The van der Waals surface area contributed by atoms with E-state index in [1.807, 2.05) is 30.3 Å². The molecule has 0 unspecified atom stereocenters. The van der Waals surface area contributed by atoms with Crippen molar-refractivity contribution in [2.75, 3.05) is 0 Å². The Labute approximate surface area is 123 Å². The minimum absolute atomic E-state index is 0.0455. The Kier molecular flexibility index (Phi) is 2.88. The molecule has 0 spiro atoms. The van der Waals surface area contributed by atoms with E-state index in [4.69, 9.17) is 4.42 Å². The third-order valence-corrected chi connectivity index (χ3v) is 4.23. The number of hydrogen-bond donors (Lipinski definition) is 0. The summed E-state index contributed by atoms with van der Waals surface area (Å²) in [4.78, 5) is 12.4. The number of ketones is 1. The van der Waals surface area contributed by atoms with Gasteiger partial charge in [0.25, 0.3) is 0 Å². The monoisotopic (exact) mass is 276 g/mol. The van der Waals surface area contributed by atoms with Crippen molar-refractivity contribution in [1.82, 2.24) is 0 Å². The number of carbonyl (C=O) groups is 1. The van der Waals surface area contributed by atoms with Crippen LogP contribution in [0, 0.1) is 0 Å². The molecular formula is C19H16O2. The van der Waals surface area contributed by atoms with Crippen LogP contribution in [0.25, 0.3) is 11.0 Å². The summed E-state index contributed by atoms with van der Waals surface area (Å²) in [5, 5.41) is 0.981. The predicted octanol–water partition coefficient (Wildman–Crippen LogP) is 4.35. The molecule has 21 heavy (non-hydrogen) atoms. The zero-order chi connectivity index (χ0) is 14.2. The number of aryl methyl sites for hydroxylation is 2. The number of Topliss-reactive ketones (excluding diaryl/α,β-unsaturated/α-hetero) is 1. The molecule has 1 heterocycles. The van der Waals surface area contributed by atoms with Crippen LogP contribution in [0.15, 0.2) is 52.9 Å². The highest BCUT2D eigenvalue weighted by molar-refractivity contribution is 5.98. The quantitative estimate of drug-likeness (QED) is 0.666. The summed E-state index contributed by atoms with van der Waals surface area (Å²) in [7, 11) is 0. The standard InChI is InChI=1S/C19H16O2/c20-17(19-12-16-4-1-2-7-18(16)21-19)11-13-8-9-14-5-3-6-15(14)10-13/h1-2,4,7-10,12H,3,5-6,11H2. The van der Waals surface area contributed by atoms with Gasteiger partial charge in [-0.2, -0.15) is 0 Å². The van der Waals surface area contributed by atoms with Crippen molar-refractivity contribution in [2.45, 2.75) is 25.7 Å². The Morgan fingerprint density at radius 3 is 2.76 bits per heavy atom. The van der Waals surface area contributed by atoms with E-state index in [-0.39, 0.29) is 5.78 Å². The Bertz CT molecular complexity index is 793. The first-order valence-electron chi connectivity index (χ1n) is 7.42. The van der Waals surface area contributed by atoms with Gasteiger partial charge in [0.05, 0.1) is 0 Å². The fraction of sp³-hybridized carbons (Fsp3) is 0.211. The van der Waals surface area contributed by atoms with E-state index >= 15 is 0 Å². The molecule has 3 aromatic rings. The zero-order valence-corrected chi connectivity index (χ0v) is 11.8. The number of benzene rings is 2. The minimum atomic E-state index is 0.0455. The molecule has 2 nitrogen and oxygen atoms in total. The second kappa shape index (κ2) is 4.88. The van der Waals surface area contributed by atoms with Gasteiger partial charge >= 0.3 is 0 Å². The fourth-order valence-corrected chi connectivity index (χ4v) is 3.13. The lowest BCUT2D eigenvalue weighted by Crippen LogP contribution is -2.02. The lowest BCUT2D eigenvalue weighted by molar-refractivity contribution is 0.0968. The lowest BCUT2D eigenvalue weighted by Gasteiger charge is -2.03. The molecule has 0 saturated heterocycles. The van der Waals surface area contributed by atoms with E-state index in [0.29, 0.717) is 12.2 Å². The lowest BCUT2D eigenvalue weighted by atomic mass is 10.0. The molecule has 2 heteroatoms. The third kappa shape index (κ3) is 2.27. The highest BCUT2D eigenvalue weighted by Gasteiger charge is 2.15. The van der Waals surface area contributed by atoms with Crippen molar-refractivity contribution in [3.63, 3.8) is 0 Å². The van der Waals surface area contributed by atoms with Gasteiger partial charge in [0, 0.05) is 11.8 Å². The predicted molar refractivity (Wildman–Crippen MR) is 82.7 cm³/mol. The molecule has 1 aliphatic rings. The zero-order valence-electron chi connectivity index (χ0n) is 11.8. The molecule has 0 saturated carbocycles. The molecule has 0 radical (unpaired) electrons. The number of hydrogen-bond acceptors (Lipinski definition) is 2. The van der Waals surface area contributed by atoms with Gasteiger partial charge in [0.2, 0.25) is 5.78 Å². The van der Waals surface area contributed by atoms with Gasteiger partial charge in [0.15, 0.2) is 5.76 Å². The highest BCUT2D eigenvalue weighted by Crippen LogP contribution is 2.24. The van der Waals surface area contributed by atoms with Gasteiger partial charge in [-0.3, -0.25) is 4.79 Å². The first kappa shape index (κ1) is 12.4. The van der Waals surface area contributed by atoms with Crippen LogP contribution in [-0.2, 0) is 19.3 Å². The molecule has 0 N–H and O–H groups in total. The maximum Gasteiger partial charge on any atom is 0.202 e. The van der Waals surface area contributed by atoms with E-state index in [9.17, 15) is 4.79 Å². The summed E-state index contributed by atoms with van der Waals surface area (Å²) in [5.74, 6) is 0.501. The number of para-hydroxylation sites is 1. The Morgan fingerprint density at radius 1 is 1.00 bits per heavy atom. The average molecular weight is 276 g/mol. The number of furan rings is 1. The van der Waals surface area contributed by atoms with Crippen LogP contribution in [-0.4, -0.2) is 5.78 Å². The summed E-state index contributed by atoms with van der Waals surface area (Å²) in [6.07, 6.45) is 3.96. The molecule has 0 fully saturated rings.